The van der Waals surface area contributed by atoms with Crippen molar-refractivity contribution >= 4 is 23.7 Å². The molecule has 0 spiro atoms. The van der Waals surface area contributed by atoms with Crippen molar-refractivity contribution in [3.05, 3.63) is 58.6 Å². The standard InChI is InChI=1S/C17H17ClN2O3/c1-3-23-16-14(18)9-12(10-15(16)22-2)11-19-20-17(21)13-7-5-4-6-8-13/h4-11H,3H2,1-2H3,(H,20,21)/b19-11-. The van der Waals surface area contributed by atoms with Crippen molar-refractivity contribution in [2.45, 2.75) is 6.92 Å². The van der Waals surface area contributed by atoms with Crippen LogP contribution in [0.2, 0.25) is 5.02 Å². The number of amides is 1. The van der Waals surface area contributed by atoms with Crippen molar-refractivity contribution in [2.75, 3.05) is 13.7 Å². The summed E-state index contributed by atoms with van der Waals surface area (Å²) in [6, 6.07) is 12.3. The average Bonchev–Trinajstić information content (AvgIpc) is 2.57. The maximum atomic E-state index is 11.9. The topological polar surface area (TPSA) is 59.9 Å². The smallest absolute Gasteiger partial charge is 0.271 e. The number of hydrogen-bond donors (Lipinski definition) is 1. The molecular weight excluding hydrogens is 316 g/mol. The fourth-order valence-corrected chi connectivity index (χ4v) is 2.19. The number of hydrogen-bond acceptors (Lipinski definition) is 4. The lowest BCUT2D eigenvalue weighted by Gasteiger charge is -2.11. The summed E-state index contributed by atoms with van der Waals surface area (Å²) in [4.78, 5) is 11.9. The van der Waals surface area contributed by atoms with E-state index in [1.165, 1.54) is 13.3 Å². The summed E-state index contributed by atoms with van der Waals surface area (Å²) in [6.45, 7) is 2.35. The van der Waals surface area contributed by atoms with Crippen LogP contribution in [-0.2, 0) is 0 Å². The molecule has 0 fully saturated rings. The van der Waals surface area contributed by atoms with Crippen LogP contribution >= 0.6 is 11.6 Å². The number of carbonyl (C=O) groups is 1. The Morgan fingerprint density at radius 3 is 2.70 bits per heavy atom. The third-order valence-electron chi connectivity index (χ3n) is 2.96. The molecule has 0 unspecified atom stereocenters. The van der Waals surface area contributed by atoms with Crippen molar-refractivity contribution in [1.82, 2.24) is 5.43 Å². The average molecular weight is 333 g/mol. The van der Waals surface area contributed by atoms with Gasteiger partial charge in [0.05, 0.1) is 25.0 Å². The molecule has 1 N–H and O–H groups in total. The monoisotopic (exact) mass is 332 g/mol. The van der Waals surface area contributed by atoms with E-state index in [9.17, 15) is 4.79 Å². The van der Waals surface area contributed by atoms with Gasteiger partial charge in [0.1, 0.15) is 0 Å². The van der Waals surface area contributed by atoms with Gasteiger partial charge < -0.3 is 9.47 Å². The quantitative estimate of drug-likeness (QED) is 0.650. The van der Waals surface area contributed by atoms with Crippen molar-refractivity contribution in [1.29, 1.82) is 0 Å². The Morgan fingerprint density at radius 2 is 2.04 bits per heavy atom. The second-order valence-electron chi connectivity index (χ2n) is 4.53. The molecule has 0 aliphatic heterocycles. The number of methoxy groups -OCH3 is 1. The maximum absolute atomic E-state index is 11.9. The third-order valence-corrected chi connectivity index (χ3v) is 3.24. The molecule has 2 aromatic rings. The molecule has 0 saturated heterocycles. The van der Waals surface area contributed by atoms with E-state index < -0.39 is 0 Å². The molecule has 0 heterocycles. The second-order valence-corrected chi connectivity index (χ2v) is 4.94. The van der Waals surface area contributed by atoms with Gasteiger partial charge in [-0.3, -0.25) is 4.79 Å². The van der Waals surface area contributed by atoms with Crippen LogP contribution in [0.3, 0.4) is 0 Å². The minimum absolute atomic E-state index is 0.286. The zero-order valence-corrected chi connectivity index (χ0v) is 13.6. The SMILES string of the molecule is CCOc1c(Cl)cc(/C=N\NC(=O)c2ccccc2)cc1OC. The minimum Gasteiger partial charge on any atom is -0.493 e. The van der Waals surface area contributed by atoms with Crippen LogP contribution in [0.1, 0.15) is 22.8 Å². The van der Waals surface area contributed by atoms with Gasteiger partial charge in [-0.2, -0.15) is 5.10 Å². The lowest BCUT2D eigenvalue weighted by Crippen LogP contribution is -2.17. The number of rotatable bonds is 6. The van der Waals surface area contributed by atoms with E-state index in [4.69, 9.17) is 21.1 Å². The summed E-state index contributed by atoms with van der Waals surface area (Å²) in [6.07, 6.45) is 1.49. The Hall–Kier alpha value is -2.53. The molecule has 2 aromatic carbocycles. The highest BCUT2D eigenvalue weighted by atomic mass is 35.5. The highest BCUT2D eigenvalue weighted by molar-refractivity contribution is 6.32. The summed E-state index contributed by atoms with van der Waals surface area (Å²) >= 11 is 6.18. The molecule has 0 aliphatic carbocycles. The molecule has 120 valence electrons. The van der Waals surface area contributed by atoms with E-state index in [2.05, 4.69) is 10.5 Å². The van der Waals surface area contributed by atoms with E-state index in [1.807, 2.05) is 13.0 Å². The molecule has 2 rings (SSSR count). The molecule has 6 heteroatoms. The van der Waals surface area contributed by atoms with Gasteiger partial charge in [-0.15, -0.1) is 0 Å². The first-order valence-corrected chi connectivity index (χ1v) is 7.42. The predicted octanol–water partition coefficient (Wildman–Crippen LogP) is 3.51. The van der Waals surface area contributed by atoms with Crippen LogP contribution in [0.25, 0.3) is 0 Å². The molecule has 5 nitrogen and oxygen atoms in total. The van der Waals surface area contributed by atoms with Crippen molar-refractivity contribution in [2.24, 2.45) is 5.10 Å². The molecule has 0 aliphatic rings. The van der Waals surface area contributed by atoms with Crippen LogP contribution in [0.5, 0.6) is 11.5 Å². The molecule has 1 amide bonds. The van der Waals surface area contributed by atoms with Crippen LogP contribution < -0.4 is 14.9 Å². The fourth-order valence-electron chi connectivity index (χ4n) is 1.92. The summed E-state index contributed by atoms with van der Waals surface area (Å²) < 4.78 is 10.7. The van der Waals surface area contributed by atoms with E-state index >= 15 is 0 Å². The zero-order chi connectivity index (χ0) is 16.7. The normalized spacial score (nSPS) is 10.6. The Balaban J connectivity index is 2.11. The van der Waals surface area contributed by atoms with Gasteiger partial charge in [0.15, 0.2) is 11.5 Å². The van der Waals surface area contributed by atoms with Crippen LogP contribution in [0, 0.1) is 0 Å². The lowest BCUT2D eigenvalue weighted by molar-refractivity contribution is 0.0955. The Labute approximate surface area is 139 Å². The van der Waals surface area contributed by atoms with Gasteiger partial charge in [0.2, 0.25) is 0 Å². The molecular formula is C17H17ClN2O3. The van der Waals surface area contributed by atoms with Crippen molar-refractivity contribution in [3.63, 3.8) is 0 Å². The van der Waals surface area contributed by atoms with Gasteiger partial charge in [-0.1, -0.05) is 29.8 Å². The van der Waals surface area contributed by atoms with E-state index in [1.54, 1.807) is 36.4 Å². The fraction of sp³-hybridized carbons (Fsp3) is 0.176. The van der Waals surface area contributed by atoms with Gasteiger partial charge in [0, 0.05) is 5.56 Å². The molecule has 23 heavy (non-hydrogen) atoms. The molecule has 0 saturated carbocycles. The number of nitrogens with one attached hydrogen (secondary N) is 1. The number of benzene rings is 2. The first kappa shape index (κ1) is 16.8. The first-order chi connectivity index (χ1) is 11.2. The van der Waals surface area contributed by atoms with Crippen LogP contribution in [-0.4, -0.2) is 25.8 Å². The van der Waals surface area contributed by atoms with Crippen molar-refractivity contribution in [3.8, 4) is 11.5 Å². The molecule has 0 radical (unpaired) electrons. The Bertz CT molecular complexity index is 702. The highest BCUT2D eigenvalue weighted by Crippen LogP contribution is 2.35. The van der Waals surface area contributed by atoms with Gasteiger partial charge in [0.25, 0.3) is 5.91 Å². The zero-order valence-electron chi connectivity index (χ0n) is 12.9. The van der Waals surface area contributed by atoms with Crippen LogP contribution in [0.15, 0.2) is 47.6 Å². The Morgan fingerprint density at radius 1 is 1.30 bits per heavy atom. The van der Waals surface area contributed by atoms with Crippen LogP contribution in [0.4, 0.5) is 0 Å². The highest BCUT2D eigenvalue weighted by Gasteiger charge is 2.11. The van der Waals surface area contributed by atoms with Crippen molar-refractivity contribution < 1.29 is 14.3 Å². The first-order valence-electron chi connectivity index (χ1n) is 7.04. The second kappa shape index (κ2) is 8.19. The van der Waals surface area contributed by atoms with E-state index in [0.29, 0.717) is 34.3 Å². The maximum Gasteiger partial charge on any atom is 0.271 e. The van der Waals surface area contributed by atoms with Gasteiger partial charge in [-0.05, 0) is 36.8 Å². The summed E-state index contributed by atoms with van der Waals surface area (Å²) in [5.41, 5.74) is 3.68. The number of hydrazone groups is 1. The number of carbonyl (C=O) groups excluding carboxylic acids is 1. The molecule has 0 bridgehead atoms. The number of nitrogens with zero attached hydrogens (tertiary/aromatic N) is 1. The third kappa shape index (κ3) is 4.47. The largest absolute Gasteiger partial charge is 0.493 e. The van der Waals surface area contributed by atoms with Gasteiger partial charge >= 0.3 is 0 Å². The summed E-state index contributed by atoms with van der Waals surface area (Å²) in [5.74, 6) is 0.711. The summed E-state index contributed by atoms with van der Waals surface area (Å²) in [7, 11) is 1.53. The number of ether oxygens (including phenoxy) is 2. The molecule has 0 aromatic heterocycles. The lowest BCUT2D eigenvalue weighted by atomic mass is 10.2. The van der Waals surface area contributed by atoms with Gasteiger partial charge in [-0.25, -0.2) is 5.43 Å². The summed E-state index contributed by atoms with van der Waals surface area (Å²) in [5, 5.41) is 4.35. The predicted molar refractivity (Wildman–Crippen MR) is 90.7 cm³/mol. The molecule has 0 atom stereocenters. The van der Waals surface area contributed by atoms with E-state index in [0.717, 1.165) is 0 Å². The number of halogens is 1. The van der Waals surface area contributed by atoms with E-state index in [-0.39, 0.29) is 5.91 Å². The minimum atomic E-state index is -0.286. The Kier molecular flexibility index (Phi) is 6.00.